The van der Waals surface area contributed by atoms with E-state index in [0.717, 1.165) is 44.6 Å². The molecule has 2 amide bonds. The van der Waals surface area contributed by atoms with Gasteiger partial charge < -0.3 is 20.4 Å². The molecule has 0 spiro atoms. The van der Waals surface area contributed by atoms with Gasteiger partial charge in [-0.2, -0.15) is 0 Å². The van der Waals surface area contributed by atoms with Crippen LogP contribution in [-0.4, -0.2) is 57.0 Å². The van der Waals surface area contributed by atoms with Crippen molar-refractivity contribution in [1.29, 1.82) is 0 Å². The molecule has 0 atom stereocenters. The molecule has 1 heterocycles. The van der Waals surface area contributed by atoms with Crippen LogP contribution in [0, 0.1) is 0 Å². The normalized spacial score (nSPS) is 13.5. The van der Waals surface area contributed by atoms with Crippen LogP contribution >= 0.6 is 23.2 Å². The van der Waals surface area contributed by atoms with E-state index < -0.39 is 0 Å². The minimum atomic E-state index is -0.354. The number of halogens is 2. The number of carbonyl (C=O) groups is 2. The molecular formula is C23H28Cl2N4O2. The Balaban J connectivity index is 1.79. The fraction of sp³-hybridized carbons (Fsp3) is 0.391. The quantitative estimate of drug-likeness (QED) is 0.565. The van der Waals surface area contributed by atoms with E-state index in [1.165, 1.54) is 6.07 Å². The Morgan fingerprint density at radius 2 is 1.74 bits per heavy atom. The number of nitrogens with one attached hydrogen (secondary N) is 2. The van der Waals surface area contributed by atoms with Crippen LogP contribution < -0.4 is 15.5 Å². The van der Waals surface area contributed by atoms with Crippen molar-refractivity contribution in [3.63, 3.8) is 0 Å². The molecule has 0 saturated carbocycles. The minimum Gasteiger partial charge on any atom is -0.371 e. The first-order valence-corrected chi connectivity index (χ1v) is 11.2. The highest BCUT2D eigenvalue weighted by Gasteiger charge is 2.21. The first-order chi connectivity index (χ1) is 14.8. The molecule has 6 nitrogen and oxygen atoms in total. The van der Waals surface area contributed by atoms with Crippen LogP contribution in [-0.2, 0) is 0 Å². The Morgan fingerprint density at radius 3 is 2.42 bits per heavy atom. The van der Waals surface area contributed by atoms with Crippen molar-refractivity contribution in [3.05, 3.63) is 57.6 Å². The zero-order valence-electron chi connectivity index (χ0n) is 17.9. The molecule has 2 aromatic carbocycles. The summed E-state index contributed by atoms with van der Waals surface area (Å²) in [4.78, 5) is 30.0. The number of carbonyl (C=O) groups excluding carboxylic acids is 2. The second kappa shape index (κ2) is 10.8. The second-order valence-corrected chi connectivity index (χ2v) is 8.76. The Labute approximate surface area is 193 Å². The predicted octanol–water partition coefficient (Wildman–Crippen LogP) is 4.53. The molecule has 1 saturated heterocycles. The third-order valence-corrected chi connectivity index (χ3v) is 5.74. The highest BCUT2D eigenvalue weighted by atomic mass is 35.5. The fourth-order valence-corrected chi connectivity index (χ4v) is 4.09. The van der Waals surface area contributed by atoms with Crippen molar-refractivity contribution >= 4 is 46.4 Å². The number of nitrogens with zero attached hydrogens (tertiary/aromatic N) is 2. The average Bonchev–Trinajstić information content (AvgIpc) is 3.25. The number of benzene rings is 2. The van der Waals surface area contributed by atoms with E-state index in [-0.39, 0.29) is 16.8 Å². The van der Waals surface area contributed by atoms with Gasteiger partial charge in [0.05, 0.1) is 16.1 Å². The minimum absolute atomic E-state index is 0.138. The topological polar surface area (TPSA) is 64.7 Å². The molecule has 0 aromatic heterocycles. The maximum absolute atomic E-state index is 13.0. The van der Waals surface area contributed by atoms with E-state index in [4.69, 9.17) is 23.2 Å². The second-order valence-electron chi connectivity index (χ2n) is 7.92. The monoisotopic (exact) mass is 462 g/mol. The van der Waals surface area contributed by atoms with Gasteiger partial charge in [-0.05, 0) is 76.3 Å². The van der Waals surface area contributed by atoms with Gasteiger partial charge in [-0.1, -0.05) is 23.2 Å². The molecule has 166 valence electrons. The molecular weight excluding hydrogens is 435 g/mol. The van der Waals surface area contributed by atoms with Crippen molar-refractivity contribution in [1.82, 2.24) is 10.2 Å². The van der Waals surface area contributed by atoms with Crippen molar-refractivity contribution in [2.75, 3.05) is 50.5 Å². The summed E-state index contributed by atoms with van der Waals surface area (Å²) in [7, 11) is 4.01. The maximum Gasteiger partial charge on any atom is 0.257 e. The standard InChI is InChI=1S/C23H28Cl2N4O2/c1-28(2)11-5-10-26-22(30)19-15-17(7-9-21(19)29-12-3-4-13-29)27-23(31)18-8-6-16(24)14-20(18)25/h6-9,14-15H,3-5,10-13H2,1-2H3,(H,26,30)(H,27,31). The van der Waals surface area contributed by atoms with Crippen LogP contribution in [0.25, 0.3) is 0 Å². The van der Waals surface area contributed by atoms with Crippen molar-refractivity contribution in [3.8, 4) is 0 Å². The molecule has 3 rings (SSSR count). The zero-order chi connectivity index (χ0) is 22.4. The molecule has 0 bridgehead atoms. The number of anilines is 2. The molecule has 31 heavy (non-hydrogen) atoms. The summed E-state index contributed by atoms with van der Waals surface area (Å²) in [5, 5.41) is 6.59. The average molecular weight is 463 g/mol. The highest BCUT2D eigenvalue weighted by molar-refractivity contribution is 6.37. The summed E-state index contributed by atoms with van der Waals surface area (Å²) >= 11 is 12.1. The largest absolute Gasteiger partial charge is 0.371 e. The van der Waals surface area contributed by atoms with E-state index in [0.29, 0.717) is 28.4 Å². The molecule has 0 radical (unpaired) electrons. The van der Waals surface area contributed by atoms with E-state index in [9.17, 15) is 9.59 Å². The lowest BCUT2D eigenvalue weighted by molar-refractivity contribution is 0.0951. The number of hydrogen-bond acceptors (Lipinski definition) is 4. The molecule has 0 unspecified atom stereocenters. The lowest BCUT2D eigenvalue weighted by atomic mass is 10.1. The van der Waals surface area contributed by atoms with Gasteiger partial charge in [-0.3, -0.25) is 9.59 Å². The maximum atomic E-state index is 13.0. The van der Waals surface area contributed by atoms with Crippen molar-refractivity contribution in [2.24, 2.45) is 0 Å². The van der Waals surface area contributed by atoms with E-state index >= 15 is 0 Å². The van der Waals surface area contributed by atoms with Gasteiger partial charge in [0, 0.05) is 36.0 Å². The van der Waals surface area contributed by atoms with Crippen molar-refractivity contribution in [2.45, 2.75) is 19.3 Å². The predicted molar refractivity (Wildman–Crippen MR) is 128 cm³/mol. The Kier molecular flexibility index (Phi) is 8.18. The smallest absolute Gasteiger partial charge is 0.257 e. The molecule has 2 aromatic rings. The summed E-state index contributed by atoms with van der Waals surface area (Å²) in [5.74, 6) is -0.491. The molecule has 1 fully saturated rings. The van der Waals surface area contributed by atoms with Gasteiger partial charge in [0.1, 0.15) is 0 Å². The van der Waals surface area contributed by atoms with E-state index in [1.807, 2.05) is 26.2 Å². The number of amides is 2. The first kappa shape index (κ1) is 23.4. The third kappa shape index (κ3) is 6.35. The van der Waals surface area contributed by atoms with Crippen LogP contribution in [0.3, 0.4) is 0 Å². The zero-order valence-corrected chi connectivity index (χ0v) is 19.4. The molecule has 8 heteroatoms. The highest BCUT2D eigenvalue weighted by Crippen LogP contribution is 2.28. The third-order valence-electron chi connectivity index (χ3n) is 5.19. The van der Waals surface area contributed by atoms with Crippen molar-refractivity contribution < 1.29 is 9.59 Å². The lowest BCUT2D eigenvalue weighted by Gasteiger charge is -2.22. The summed E-state index contributed by atoms with van der Waals surface area (Å²) in [5.41, 5.74) is 2.32. The van der Waals surface area contributed by atoms with Crippen LogP contribution in [0.15, 0.2) is 36.4 Å². The van der Waals surface area contributed by atoms with Gasteiger partial charge in [0.2, 0.25) is 0 Å². The summed E-state index contributed by atoms with van der Waals surface area (Å²) in [6, 6.07) is 10.2. The molecule has 2 N–H and O–H groups in total. The van der Waals surface area contributed by atoms with Crippen LogP contribution in [0.4, 0.5) is 11.4 Å². The van der Waals surface area contributed by atoms with Crippen LogP contribution in [0.5, 0.6) is 0 Å². The summed E-state index contributed by atoms with van der Waals surface area (Å²) in [6.07, 6.45) is 3.08. The Hall–Kier alpha value is -2.28. The van der Waals surface area contributed by atoms with Gasteiger partial charge in [-0.15, -0.1) is 0 Å². The summed E-state index contributed by atoms with van der Waals surface area (Å²) in [6.45, 7) is 3.34. The lowest BCUT2D eigenvalue weighted by Crippen LogP contribution is -2.29. The van der Waals surface area contributed by atoms with Crippen LogP contribution in [0.2, 0.25) is 10.0 Å². The van der Waals surface area contributed by atoms with E-state index in [2.05, 4.69) is 20.4 Å². The van der Waals surface area contributed by atoms with E-state index in [1.54, 1.807) is 18.2 Å². The Morgan fingerprint density at radius 1 is 1.00 bits per heavy atom. The SMILES string of the molecule is CN(C)CCCNC(=O)c1cc(NC(=O)c2ccc(Cl)cc2Cl)ccc1N1CCCC1. The Bertz CT molecular complexity index is 943. The van der Waals surface area contributed by atoms with Gasteiger partial charge in [0.25, 0.3) is 11.8 Å². The molecule has 0 aliphatic carbocycles. The number of rotatable bonds is 8. The number of hydrogen-bond donors (Lipinski definition) is 2. The molecule has 1 aliphatic heterocycles. The van der Waals surface area contributed by atoms with Crippen LogP contribution in [0.1, 0.15) is 40.0 Å². The van der Waals surface area contributed by atoms with Gasteiger partial charge in [0.15, 0.2) is 0 Å². The van der Waals surface area contributed by atoms with Gasteiger partial charge in [-0.25, -0.2) is 0 Å². The summed E-state index contributed by atoms with van der Waals surface area (Å²) < 4.78 is 0. The van der Waals surface area contributed by atoms with Gasteiger partial charge >= 0.3 is 0 Å². The fourth-order valence-electron chi connectivity index (χ4n) is 3.59. The first-order valence-electron chi connectivity index (χ1n) is 10.4. The molecule has 1 aliphatic rings.